The van der Waals surface area contributed by atoms with Gasteiger partial charge in [-0.3, -0.25) is 19.3 Å². The normalized spacial score (nSPS) is 14.2. The van der Waals surface area contributed by atoms with Crippen molar-refractivity contribution in [1.29, 1.82) is 0 Å². The highest BCUT2D eigenvalue weighted by Crippen LogP contribution is 2.23. The lowest BCUT2D eigenvalue weighted by Crippen LogP contribution is -2.50. The van der Waals surface area contributed by atoms with E-state index in [1.165, 1.54) is 0 Å². The van der Waals surface area contributed by atoms with Crippen LogP contribution in [0.2, 0.25) is 10.0 Å². The lowest BCUT2D eigenvalue weighted by molar-refractivity contribution is -0.136. The predicted molar refractivity (Wildman–Crippen MR) is 125 cm³/mol. The summed E-state index contributed by atoms with van der Waals surface area (Å²) in [7, 11) is 0. The maximum Gasteiger partial charge on any atom is 0.313 e. The summed E-state index contributed by atoms with van der Waals surface area (Å²) >= 11 is 15.2. The first-order valence-corrected chi connectivity index (χ1v) is 11.2. The second-order valence-corrected chi connectivity index (χ2v) is 8.71. The topological polar surface area (TPSA) is 81.8 Å². The van der Waals surface area contributed by atoms with Crippen LogP contribution in [-0.4, -0.2) is 66.8 Å². The molecular formula is C21H21BrCl2N4O3. The van der Waals surface area contributed by atoms with E-state index in [0.717, 1.165) is 4.47 Å². The number of rotatable bonds is 5. The predicted octanol–water partition coefficient (Wildman–Crippen LogP) is 3.27. The summed E-state index contributed by atoms with van der Waals surface area (Å²) in [6, 6.07) is 11.8. The lowest BCUT2D eigenvalue weighted by Gasteiger charge is -2.34. The smallest absolute Gasteiger partial charge is 0.313 e. The third-order valence-corrected chi connectivity index (χ3v) is 6.12. The van der Waals surface area contributed by atoms with Gasteiger partial charge in [0.15, 0.2) is 0 Å². The summed E-state index contributed by atoms with van der Waals surface area (Å²) in [6.45, 7) is 3.41. The van der Waals surface area contributed by atoms with E-state index in [4.69, 9.17) is 23.2 Å². The number of carbonyl (C=O) groups is 3. The number of carbonyl (C=O) groups excluding carboxylic acids is 3. The van der Waals surface area contributed by atoms with E-state index in [0.29, 0.717) is 60.6 Å². The summed E-state index contributed by atoms with van der Waals surface area (Å²) < 4.78 is 0.883. The SMILES string of the molecule is O=C(NCCN1CCN(C(=O)c2ccc(Cl)c(Cl)c2)CC1)C(=O)Nc1ccc(Br)cc1. The summed E-state index contributed by atoms with van der Waals surface area (Å²) in [4.78, 5) is 40.5. The zero-order valence-electron chi connectivity index (χ0n) is 16.5. The van der Waals surface area contributed by atoms with Gasteiger partial charge >= 0.3 is 11.8 Å². The zero-order chi connectivity index (χ0) is 22.4. The van der Waals surface area contributed by atoms with Gasteiger partial charge in [0.2, 0.25) is 0 Å². The summed E-state index contributed by atoms with van der Waals surface area (Å²) in [5.41, 5.74) is 1.05. The van der Waals surface area contributed by atoms with Gasteiger partial charge in [-0.2, -0.15) is 0 Å². The molecule has 1 heterocycles. The number of piperazine rings is 1. The van der Waals surface area contributed by atoms with Gasteiger partial charge in [-0.05, 0) is 42.5 Å². The Hall–Kier alpha value is -2.13. The summed E-state index contributed by atoms with van der Waals surface area (Å²) in [5, 5.41) is 5.94. The highest BCUT2D eigenvalue weighted by molar-refractivity contribution is 9.10. The average molecular weight is 528 g/mol. The first kappa shape index (κ1) is 23.5. The van der Waals surface area contributed by atoms with Crippen LogP contribution in [-0.2, 0) is 9.59 Å². The molecule has 10 heteroatoms. The second-order valence-electron chi connectivity index (χ2n) is 6.98. The molecule has 3 rings (SSSR count). The molecule has 1 saturated heterocycles. The Balaban J connectivity index is 1.38. The molecule has 2 N–H and O–H groups in total. The van der Waals surface area contributed by atoms with Gasteiger partial charge in [0.05, 0.1) is 10.0 Å². The number of hydrogen-bond donors (Lipinski definition) is 2. The third kappa shape index (κ3) is 6.67. The first-order chi connectivity index (χ1) is 14.8. The Bertz CT molecular complexity index is 964. The number of benzene rings is 2. The molecule has 2 aromatic carbocycles. The monoisotopic (exact) mass is 526 g/mol. The lowest BCUT2D eigenvalue weighted by atomic mass is 10.2. The molecule has 1 aliphatic rings. The molecule has 0 aromatic heterocycles. The van der Waals surface area contributed by atoms with Crippen molar-refractivity contribution in [3.05, 3.63) is 62.5 Å². The molecule has 0 aliphatic carbocycles. The Morgan fingerprint density at radius 1 is 0.903 bits per heavy atom. The number of nitrogens with one attached hydrogen (secondary N) is 2. The number of hydrogen-bond acceptors (Lipinski definition) is 4. The number of anilines is 1. The molecule has 164 valence electrons. The Labute approximate surface area is 198 Å². The van der Waals surface area contributed by atoms with Gasteiger partial charge in [-0.15, -0.1) is 0 Å². The van der Waals surface area contributed by atoms with E-state index in [1.807, 2.05) is 0 Å². The highest BCUT2D eigenvalue weighted by atomic mass is 79.9. The summed E-state index contributed by atoms with van der Waals surface area (Å²) in [5.74, 6) is -1.48. The molecule has 0 bridgehead atoms. The van der Waals surface area contributed by atoms with Crippen molar-refractivity contribution in [2.75, 3.05) is 44.6 Å². The Morgan fingerprint density at radius 3 is 2.23 bits per heavy atom. The van der Waals surface area contributed by atoms with Crippen LogP contribution in [0.4, 0.5) is 5.69 Å². The molecule has 31 heavy (non-hydrogen) atoms. The quantitative estimate of drug-likeness (QED) is 0.585. The van der Waals surface area contributed by atoms with Crippen LogP contribution in [0.3, 0.4) is 0 Å². The van der Waals surface area contributed by atoms with Crippen LogP contribution < -0.4 is 10.6 Å². The molecule has 0 saturated carbocycles. The standard InChI is InChI=1S/C21H21BrCl2N4O3/c22-15-2-4-16(5-3-15)26-20(30)19(29)25-7-8-27-9-11-28(12-10-27)21(31)14-1-6-17(23)18(24)13-14/h1-6,13H,7-12H2,(H,25,29)(H,26,30). The van der Waals surface area contributed by atoms with E-state index in [9.17, 15) is 14.4 Å². The van der Waals surface area contributed by atoms with Crippen molar-refractivity contribution in [2.24, 2.45) is 0 Å². The molecule has 1 aliphatic heterocycles. The average Bonchev–Trinajstić information content (AvgIpc) is 2.77. The van der Waals surface area contributed by atoms with Crippen LogP contribution in [0, 0.1) is 0 Å². The first-order valence-electron chi connectivity index (χ1n) is 9.65. The number of nitrogens with zero attached hydrogens (tertiary/aromatic N) is 2. The van der Waals surface area contributed by atoms with E-state index >= 15 is 0 Å². The number of amides is 3. The van der Waals surface area contributed by atoms with Crippen molar-refractivity contribution < 1.29 is 14.4 Å². The molecule has 0 spiro atoms. The van der Waals surface area contributed by atoms with Gasteiger partial charge in [-0.25, -0.2) is 0 Å². The van der Waals surface area contributed by atoms with Crippen molar-refractivity contribution in [1.82, 2.24) is 15.1 Å². The van der Waals surface area contributed by atoms with Crippen LogP contribution >= 0.6 is 39.1 Å². The van der Waals surface area contributed by atoms with Gasteiger partial charge in [0.25, 0.3) is 5.91 Å². The van der Waals surface area contributed by atoms with Crippen molar-refractivity contribution in [3.8, 4) is 0 Å². The van der Waals surface area contributed by atoms with Gasteiger partial charge in [0.1, 0.15) is 0 Å². The molecule has 1 fully saturated rings. The van der Waals surface area contributed by atoms with Gasteiger partial charge in [0, 0.05) is 55.0 Å². The largest absolute Gasteiger partial charge is 0.347 e. The van der Waals surface area contributed by atoms with E-state index in [1.54, 1.807) is 47.4 Å². The van der Waals surface area contributed by atoms with Crippen LogP contribution in [0.25, 0.3) is 0 Å². The molecular weight excluding hydrogens is 507 g/mol. The van der Waals surface area contributed by atoms with Crippen LogP contribution in [0.1, 0.15) is 10.4 Å². The Kier molecular flexibility index (Phi) is 8.31. The van der Waals surface area contributed by atoms with Crippen LogP contribution in [0.5, 0.6) is 0 Å². The fourth-order valence-corrected chi connectivity index (χ4v) is 3.68. The fourth-order valence-electron chi connectivity index (χ4n) is 3.12. The molecule has 0 radical (unpaired) electrons. The van der Waals surface area contributed by atoms with E-state index in [-0.39, 0.29) is 5.91 Å². The molecule has 2 aromatic rings. The van der Waals surface area contributed by atoms with E-state index < -0.39 is 11.8 Å². The molecule has 0 atom stereocenters. The Morgan fingerprint density at radius 2 is 1.58 bits per heavy atom. The maximum atomic E-state index is 12.6. The minimum absolute atomic E-state index is 0.0869. The molecule has 7 nitrogen and oxygen atoms in total. The van der Waals surface area contributed by atoms with E-state index in [2.05, 4.69) is 31.5 Å². The zero-order valence-corrected chi connectivity index (χ0v) is 19.6. The maximum absolute atomic E-state index is 12.6. The minimum atomic E-state index is -0.709. The molecule has 3 amide bonds. The molecule has 0 unspecified atom stereocenters. The van der Waals surface area contributed by atoms with Crippen molar-refractivity contribution >= 4 is 62.5 Å². The van der Waals surface area contributed by atoms with Crippen molar-refractivity contribution in [2.45, 2.75) is 0 Å². The second kappa shape index (κ2) is 10.9. The van der Waals surface area contributed by atoms with Crippen LogP contribution in [0.15, 0.2) is 46.9 Å². The van der Waals surface area contributed by atoms with Crippen molar-refractivity contribution in [3.63, 3.8) is 0 Å². The minimum Gasteiger partial charge on any atom is -0.347 e. The van der Waals surface area contributed by atoms with Gasteiger partial charge in [-0.1, -0.05) is 39.1 Å². The highest BCUT2D eigenvalue weighted by Gasteiger charge is 2.23. The van der Waals surface area contributed by atoms with Gasteiger partial charge < -0.3 is 15.5 Å². The number of halogens is 3. The summed E-state index contributed by atoms with van der Waals surface area (Å²) in [6.07, 6.45) is 0. The third-order valence-electron chi connectivity index (χ3n) is 4.85. The fraction of sp³-hybridized carbons (Fsp3) is 0.286.